The predicted octanol–water partition coefficient (Wildman–Crippen LogP) is 3.62. The molecule has 0 saturated carbocycles. The smallest absolute Gasteiger partial charge is 0.130 e. The minimum Gasteiger partial charge on any atom is -0.398 e. The van der Waals surface area contributed by atoms with Crippen LogP contribution in [0.15, 0.2) is 36.4 Å². The summed E-state index contributed by atoms with van der Waals surface area (Å²) in [6.07, 6.45) is 3.18. The first-order chi connectivity index (χ1) is 12.1. The Morgan fingerprint density at radius 2 is 2.00 bits per heavy atom. The highest BCUT2D eigenvalue weighted by molar-refractivity contribution is 5.86. The van der Waals surface area contributed by atoms with Crippen LogP contribution in [0.5, 0.6) is 0 Å². The lowest BCUT2D eigenvalue weighted by atomic mass is 10.0. The Labute approximate surface area is 146 Å². The summed E-state index contributed by atoms with van der Waals surface area (Å²) in [6, 6.07) is 9.67. The molecule has 0 aromatic heterocycles. The van der Waals surface area contributed by atoms with Crippen molar-refractivity contribution in [3.05, 3.63) is 59.2 Å². The normalized spacial score (nSPS) is 18.1. The fourth-order valence-corrected chi connectivity index (χ4v) is 3.25. The molecular weight excluding hydrogens is 322 g/mol. The maximum atomic E-state index is 13.9. The molecule has 0 spiro atoms. The molecule has 1 fully saturated rings. The molecule has 1 aliphatic rings. The second kappa shape index (κ2) is 7.61. The molecule has 25 heavy (non-hydrogen) atoms. The average Bonchev–Trinajstić information content (AvgIpc) is 2.60. The second-order valence-electron chi connectivity index (χ2n) is 6.41. The predicted molar refractivity (Wildman–Crippen MR) is 97.0 cm³/mol. The SMILES string of the molecule is N=Cc1cc(NC2CCCN(Cc3c(F)cccc3F)C2)ccc1N. The van der Waals surface area contributed by atoms with Crippen molar-refractivity contribution in [3.63, 3.8) is 0 Å². The average molecular weight is 344 g/mol. The Bertz CT molecular complexity index is 743. The van der Waals surface area contributed by atoms with Crippen LogP contribution < -0.4 is 11.1 Å². The third-order valence-corrected chi connectivity index (χ3v) is 4.56. The van der Waals surface area contributed by atoms with Crippen molar-refractivity contribution in [2.45, 2.75) is 25.4 Å². The van der Waals surface area contributed by atoms with Crippen molar-refractivity contribution < 1.29 is 8.78 Å². The summed E-state index contributed by atoms with van der Waals surface area (Å²) in [5.41, 5.74) is 8.08. The number of nitrogen functional groups attached to an aromatic ring is 1. The number of nitrogens with zero attached hydrogens (tertiary/aromatic N) is 1. The summed E-state index contributed by atoms with van der Waals surface area (Å²) in [7, 11) is 0. The van der Waals surface area contributed by atoms with Crippen molar-refractivity contribution in [3.8, 4) is 0 Å². The van der Waals surface area contributed by atoms with Crippen LogP contribution in [0, 0.1) is 17.0 Å². The number of halogens is 2. The zero-order valence-electron chi connectivity index (χ0n) is 13.9. The Balaban J connectivity index is 1.66. The lowest BCUT2D eigenvalue weighted by molar-refractivity contribution is 0.203. The highest BCUT2D eigenvalue weighted by atomic mass is 19.1. The molecule has 2 aromatic carbocycles. The van der Waals surface area contributed by atoms with E-state index in [0.29, 0.717) is 17.8 Å². The lowest BCUT2D eigenvalue weighted by Crippen LogP contribution is -2.41. The van der Waals surface area contributed by atoms with Crippen LogP contribution in [0.25, 0.3) is 0 Å². The van der Waals surface area contributed by atoms with E-state index in [1.165, 1.54) is 24.4 Å². The fraction of sp³-hybridized carbons (Fsp3) is 0.316. The lowest BCUT2D eigenvalue weighted by Gasteiger charge is -2.34. The van der Waals surface area contributed by atoms with Crippen molar-refractivity contribution in [2.75, 3.05) is 24.1 Å². The number of rotatable bonds is 5. The third-order valence-electron chi connectivity index (χ3n) is 4.56. The summed E-state index contributed by atoms with van der Waals surface area (Å²) >= 11 is 0. The molecule has 1 saturated heterocycles. The first-order valence-electron chi connectivity index (χ1n) is 8.38. The number of nitrogens with one attached hydrogen (secondary N) is 2. The summed E-state index contributed by atoms with van der Waals surface area (Å²) in [4.78, 5) is 2.07. The molecule has 6 heteroatoms. The zero-order valence-corrected chi connectivity index (χ0v) is 13.9. The molecule has 3 rings (SSSR count). The van der Waals surface area contributed by atoms with Gasteiger partial charge in [0.1, 0.15) is 11.6 Å². The van der Waals surface area contributed by atoms with Gasteiger partial charge in [-0.25, -0.2) is 8.78 Å². The molecule has 4 nitrogen and oxygen atoms in total. The van der Waals surface area contributed by atoms with Crippen molar-refractivity contribution in [2.24, 2.45) is 0 Å². The summed E-state index contributed by atoms with van der Waals surface area (Å²) in [6.45, 7) is 1.79. The van der Waals surface area contributed by atoms with Crippen LogP contribution in [0.3, 0.4) is 0 Å². The standard InChI is InChI=1S/C19H22F2N4/c20-17-4-1-5-18(21)16(17)12-25-8-2-3-15(11-25)24-14-6-7-19(23)13(9-14)10-22/h1,4-7,9-10,15,22,24H,2-3,8,11-12,23H2. The number of anilines is 2. The quantitative estimate of drug-likeness (QED) is 0.573. The topological polar surface area (TPSA) is 65.1 Å². The van der Waals surface area contributed by atoms with E-state index in [-0.39, 0.29) is 18.2 Å². The minimum atomic E-state index is -0.496. The van der Waals surface area contributed by atoms with Gasteiger partial charge in [0.25, 0.3) is 0 Å². The fourth-order valence-electron chi connectivity index (χ4n) is 3.25. The van der Waals surface area contributed by atoms with Gasteiger partial charge in [-0.3, -0.25) is 4.90 Å². The zero-order chi connectivity index (χ0) is 17.8. The van der Waals surface area contributed by atoms with Crippen LogP contribution in [0.1, 0.15) is 24.0 Å². The molecule has 4 N–H and O–H groups in total. The molecule has 0 bridgehead atoms. The molecule has 132 valence electrons. The number of benzene rings is 2. The van der Waals surface area contributed by atoms with Gasteiger partial charge < -0.3 is 16.5 Å². The number of nitrogens with two attached hydrogens (primary N) is 1. The van der Waals surface area contributed by atoms with E-state index in [1.54, 1.807) is 6.07 Å². The van der Waals surface area contributed by atoms with Gasteiger partial charge in [-0.2, -0.15) is 0 Å². The van der Waals surface area contributed by atoms with E-state index in [9.17, 15) is 8.78 Å². The van der Waals surface area contributed by atoms with Gasteiger partial charge in [-0.1, -0.05) is 6.07 Å². The molecule has 0 amide bonds. The molecular formula is C19H22F2N4. The Hall–Kier alpha value is -2.47. The number of hydrogen-bond donors (Lipinski definition) is 3. The molecule has 1 aliphatic heterocycles. The Morgan fingerprint density at radius 3 is 2.72 bits per heavy atom. The molecule has 0 aliphatic carbocycles. The van der Waals surface area contributed by atoms with Crippen LogP contribution in [0.4, 0.5) is 20.2 Å². The monoisotopic (exact) mass is 344 g/mol. The third kappa shape index (κ3) is 4.14. The van der Waals surface area contributed by atoms with Crippen LogP contribution in [0.2, 0.25) is 0 Å². The first-order valence-corrected chi connectivity index (χ1v) is 8.38. The molecule has 2 aromatic rings. The second-order valence-corrected chi connectivity index (χ2v) is 6.41. The summed E-state index contributed by atoms with van der Waals surface area (Å²) in [5.74, 6) is -0.992. The number of hydrogen-bond acceptors (Lipinski definition) is 4. The largest absolute Gasteiger partial charge is 0.398 e. The Kier molecular flexibility index (Phi) is 5.28. The maximum Gasteiger partial charge on any atom is 0.130 e. The van der Waals surface area contributed by atoms with Crippen molar-refractivity contribution in [1.82, 2.24) is 4.90 Å². The van der Waals surface area contributed by atoms with Gasteiger partial charge >= 0.3 is 0 Å². The van der Waals surface area contributed by atoms with Crippen LogP contribution in [-0.2, 0) is 6.54 Å². The van der Waals surface area contributed by atoms with Gasteiger partial charge in [0, 0.05) is 47.8 Å². The van der Waals surface area contributed by atoms with Crippen molar-refractivity contribution in [1.29, 1.82) is 5.41 Å². The van der Waals surface area contributed by atoms with Crippen LogP contribution >= 0.6 is 0 Å². The summed E-state index contributed by atoms with van der Waals surface area (Å²) in [5, 5.41) is 10.8. The van der Waals surface area contributed by atoms with E-state index in [0.717, 1.165) is 25.1 Å². The van der Waals surface area contributed by atoms with E-state index < -0.39 is 11.6 Å². The van der Waals surface area contributed by atoms with Gasteiger partial charge in [-0.05, 0) is 49.7 Å². The van der Waals surface area contributed by atoms with Crippen molar-refractivity contribution >= 4 is 17.6 Å². The summed E-state index contributed by atoms with van der Waals surface area (Å²) < 4.78 is 27.7. The first kappa shape index (κ1) is 17.4. The van der Waals surface area contributed by atoms with Gasteiger partial charge in [0.2, 0.25) is 0 Å². The minimum absolute atomic E-state index is 0.127. The van der Waals surface area contributed by atoms with E-state index in [2.05, 4.69) is 10.2 Å². The molecule has 1 heterocycles. The molecule has 1 unspecified atom stereocenters. The highest BCUT2D eigenvalue weighted by Crippen LogP contribution is 2.22. The molecule has 1 atom stereocenters. The van der Waals surface area contributed by atoms with Gasteiger partial charge in [-0.15, -0.1) is 0 Å². The van der Waals surface area contributed by atoms with E-state index in [4.69, 9.17) is 11.1 Å². The Morgan fingerprint density at radius 1 is 1.24 bits per heavy atom. The van der Waals surface area contributed by atoms with Crippen LogP contribution in [-0.4, -0.2) is 30.2 Å². The van der Waals surface area contributed by atoms with E-state index in [1.807, 2.05) is 12.1 Å². The number of piperidine rings is 1. The highest BCUT2D eigenvalue weighted by Gasteiger charge is 2.22. The number of likely N-dealkylation sites (tertiary alicyclic amines) is 1. The maximum absolute atomic E-state index is 13.9. The van der Waals surface area contributed by atoms with Gasteiger partial charge in [0.15, 0.2) is 0 Å². The molecule has 0 radical (unpaired) electrons. The van der Waals surface area contributed by atoms with E-state index >= 15 is 0 Å². The van der Waals surface area contributed by atoms with Gasteiger partial charge in [0.05, 0.1) is 0 Å².